The van der Waals surface area contributed by atoms with Crippen LogP contribution in [0.3, 0.4) is 0 Å². The molecule has 0 saturated carbocycles. The fraction of sp³-hybridized carbons (Fsp3) is 0.385. The van der Waals surface area contributed by atoms with Crippen LogP contribution in [0.25, 0.3) is 0 Å². The van der Waals surface area contributed by atoms with E-state index in [1.54, 1.807) is 26.0 Å². The summed E-state index contributed by atoms with van der Waals surface area (Å²) in [5.74, 6) is -3.77. The van der Waals surface area contributed by atoms with Crippen molar-refractivity contribution in [2.75, 3.05) is 0 Å². The molecule has 0 aliphatic heterocycles. The lowest BCUT2D eigenvalue weighted by Gasteiger charge is -2.16. The fourth-order valence-corrected chi connectivity index (χ4v) is 1.86. The van der Waals surface area contributed by atoms with Crippen molar-refractivity contribution < 1.29 is 27.9 Å². The number of hydrogen-bond donors (Lipinski definition) is 2. The number of alkyl halides is 3. The zero-order valence-corrected chi connectivity index (χ0v) is 10.9. The fourth-order valence-electron chi connectivity index (χ4n) is 1.86. The Morgan fingerprint density at radius 2 is 1.70 bits per heavy atom. The molecule has 1 aromatic carbocycles. The van der Waals surface area contributed by atoms with Gasteiger partial charge in [0.15, 0.2) is 0 Å². The molecule has 2 N–H and O–H groups in total. The number of aryl methyl sites for hydroxylation is 2. The number of halogens is 3. The molecular weight excluding hydrogens is 275 g/mol. The molecule has 0 aromatic heterocycles. The Bertz CT molecular complexity index is 506. The monoisotopic (exact) mass is 289 g/mol. The van der Waals surface area contributed by atoms with E-state index in [9.17, 15) is 22.8 Å². The second-order valence-electron chi connectivity index (χ2n) is 4.56. The van der Waals surface area contributed by atoms with Gasteiger partial charge in [-0.05, 0) is 19.4 Å². The molecule has 1 aromatic rings. The van der Waals surface area contributed by atoms with Crippen LogP contribution in [0.1, 0.15) is 16.7 Å². The summed E-state index contributed by atoms with van der Waals surface area (Å²) in [5.41, 5.74) is 2.29. The van der Waals surface area contributed by atoms with Crippen LogP contribution in [-0.2, 0) is 16.0 Å². The first-order valence-corrected chi connectivity index (χ1v) is 5.77. The first-order chi connectivity index (χ1) is 9.09. The van der Waals surface area contributed by atoms with Crippen molar-refractivity contribution in [3.8, 4) is 0 Å². The van der Waals surface area contributed by atoms with Crippen LogP contribution in [0.4, 0.5) is 13.2 Å². The van der Waals surface area contributed by atoms with Crippen LogP contribution >= 0.6 is 0 Å². The van der Waals surface area contributed by atoms with Crippen LogP contribution in [0.2, 0.25) is 0 Å². The average molecular weight is 289 g/mol. The topological polar surface area (TPSA) is 66.4 Å². The van der Waals surface area contributed by atoms with Gasteiger partial charge in [-0.2, -0.15) is 13.2 Å². The van der Waals surface area contributed by atoms with E-state index >= 15 is 0 Å². The second kappa shape index (κ2) is 5.94. The zero-order chi connectivity index (χ0) is 15.5. The maximum Gasteiger partial charge on any atom is 0.471 e. The summed E-state index contributed by atoms with van der Waals surface area (Å²) in [5, 5.41) is 10.4. The second-order valence-corrected chi connectivity index (χ2v) is 4.56. The number of aliphatic carboxylic acids is 1. The molecule has 0 heterocycles. The molecule has 0 radical (unpaired) electrons. The summed E-state index contributed by atoms with van der Waals surface area (Å²) in [6, 6.07) is 3.57. The van der Waals surface area contributed by atoms with Gasteiger partial charge in [0.25, 0.3) is 0 Å². The van der Waals surface area contributed by atoms with Crippen molar-refractivity contribution in [3.05, 3.63) is 34.9 Å². The molecule has 7 heteroatoms. The lowest BCUT2D eigenvalue weighted by Crippen LogP contribution is -2.47. The van der Waals surface area contributed by atoms with Gasteiger partial charge in [-0.1, -0.05) is 29.3 Å². The smallest absolute Gasteiger partial charge is 0.471 e. The van der Waals surface area contributed by atoms with Crippen molar-refractivity contribution >= 4 is 11.9 Å². The van der Waals surface area contributed by atoms with Crippen molar-refractivity contribution in [1.82, 2.24) is 5.32 Å². The Morgan fingerprint density at radius 3 is 2.10 bits per heavy atom. The van der Waals surface area contributed by atoms with Crippen LogP contribution in [0.5, 0.6) is 0 Å². The normalized spacial score (nSPS) is 12.8. The first-order valence-electron chi connectivity index (χ1n) is 5.77. The number of amides is 1. The Balaban J connectivity index is 2.88. The predicted molar refractivity (Wildman–Crippen MR) is 65.2 cm³/mol. The number of rotatable bonds is 4. The van der Waals surface area contributed by atoms with Gasteiger partial charge in [0.05, 0.1) is 0 Å². The molecule has 1 amide bonds. The summed E-state index contributed by atoms with van der Waals surface area (Å²) >= 11 is 0. The highest BCUT2D eigenvalue weighted by Crippen LogP contribution is 2.16. The highest BCUT2D eigenvalue weighted by Gasteiger charge is 2.40. The maximum absolute atomic E-state index is 12.1. The largest absolute Gasteiger partial charge is 0.480 e. The highest BCUT2D eigenvalue weighted by atomic mass is 19.4. The van der Waals surface area contributed by atoms with Gasteiger partial charge in [0.1, 0.15) is 6.04 Å². The van der Waals surface area contributed by atoms with Crippen molar-refractivity contribution in [2.45, 2.75) is 32.5 Å². The molecule has 0 aliphatic rings. The minimum absolute atomic E-state index is 0.209. The van der Waals surface area contributed by atoms with E-state index in [4.69, 9.17) is 5.11 Å². The van der Waals surface area contributed by atoms with Gasteiger partial charge in [-0.25, -0.2) is 4.79 Å². The number of nitrogens with one attached hydrogen (secondary N) is 1. The van der Waals surface area contributed by atoms with E-state index in [1.807, 2.05) is 6.07 Å². The molecule has 20 heavy (non-hydrogen) atoms. The quantitative estimate of drug-likeness (QED) is 0.890. The summed E-state index contributed by atoms with van der Waals surface area (Å²) < 4.78 is 36.4. The van der Waals surface area contributed by atoms with Gasteiger partial charge < -0.3 is 10.4 Å². The number of benzene rings is 1. The third kappa shape index (κ3) is 4.56. The van der Waals surface area contributed by atoms with Crippen LogP contribution in [0, 0.1) is 13.8 Å². The summed E-state index contributed by atoms with van der Waals surface area (Å²) in [7, 11) is 0. The number of hydrogen-bond acceptors (Lipinski definition) is 2. The standard InChI is InChI=1S/C13H14F3NO3/c1-7-3-8(2)5-9(4-7)6-10(11(18)19)17-12(20)13(14,15)16/h3-5,10H,6H2,1-2H3,(H,17,20)(H,18,19). The minimum atomic E-state index is -5.10. The van der Waals surface area contributed by atoms with E-state index in [1.165, 1.54) is 5.32 Å². The molecule has 0 aliphatic carbocycles. The van der Waals surface area contributed by atoms with Gasteiger partial charge in [-0.15, -0.1) is 0 Å². The molecule has 1 unspecified atom stereocenters. The van der Waals surface area contributed by atoms with Gasteiger partial charge in [-0.3, -0.25) is 4.79 Å². The number of carbonyl (C=O) groups excluding carboxylic acids is 1. The van der Waals surface area contributed by atoms with Crippen LogP contribution < -0.4 is 5.32 Å². The lowest BCUT2D eigenvalue weighted by molar-refractivity contribution is -0.175. The van der Waals surface area contributed by atoms with Gasteiger partial charge >= 0.3 is 18.1 Å². The minimum Gasteiger partial charge on any atom is -0.480 e. The maximum atomic E-state index is 12.1. The Kier molecular flexibility index (Phi) is 4.75. The zero-order valence-electron chi connectivity index (χ0n) is 10.9. The Hall–Kier alpha value is -2.05. The van der Waals surface area contributed by atoms with E-state index < -0.39 is 24.1 Å². The number of carboxylic acid groups (broad SMARTS) is 1. The molecule has 0 fully saturated rings. The first kappa shape index (κ1) is 16.0. The van der Waals surface area contributed by atoms with Crippen LogP contribution in [0.15, 0.2) is 18.2 Å². The summed E-state index contributed by atoms with van der Waals surface area (Å²) in [6.07, 6.45) is -5.31. The molecule has 110 valence electrons. The van der Waals surface area contributed by atoms with Crippen molar-refractivity contribution in [2.24, 2.45) is 0 Å². The van der Waals surface area contributed by atoms with Gasteiger partial charge in [0, 0.05) is 6.42 Å². The molecular formula is C13H14F3NO3. The van der Waals surface area contributed by atoms with Crippen molar-refractivity contribution in [1.29, 1.82) is 0 Å². The molecule has 0 saturated heterocycles. The third-order valence-electron chi connectivity index (χ3n) is 2.58. The predicted octanol–water partition coefficient (Wildman–Crippen LogP) is 1.98. The number of carbonyl (C=O) groups is 2. The third-order valence-corrected chi connectivity index (χ3v) is 2.58. The lowest BCUT2D eigenvalue weighted by atomic mass is 10.0. The molecule has 4 nitrogen and oxygen atoms in total. The molecule has 1 atom stereocenters. The van der Waals surface area contributed by atoms with Crippen molar-refractivity contribution in [3.63, 3.8) is 0 Å². The summed E-state index contributed by atoms with van der Waals surface area (Å²) in [6.45, 7) is 3.58. The molecule has 0 bridgehead atoms. The average Bonchev–Trinajstić information content (AvgIpc) is 2.24. The molecule has 0 spiro atoms. The Labute approximate surface area is 113 Å². The highest BCUT2D eigenvalue weighted by molar-refractivity contribution is 5.87. The van der Waals surface area contributed by atoms with Crippen LogP contribution in [-0.4, -0.2) is 29.2 Å². The van der Waals surface area contributed by atoms with E-state index in [-0.39, 0.29) is 6.42 Å². The Morgan fingerprint density at radius 1 is 1.20 bits per heavy atom. The van der Waals surface area contributed by atoms with E-state index in [0.717, 1.165) is 11.1 Å². The molecule has 1 rings (SSSR count). The van der Waals surface area contributed by atoms with E-state index in [2.05, 4.69) is 0 Å². The van der Waals surface area contributed by atoms with Gasteiger partial charge in [0.2, 0.25) is 0 Å². The van der Waals surface area contributed by atoms with E-state index in [0.29, 0.717) is 5.56 Å². The summed E-state index contributed by atoms with van der Waals surface area (Å²) in [4.78, 5) is 21.8. The SMILES string of the molecule is Cc1cc(C)cc(CC(NC(=O)C(F)(F)F)C(=O)O)c1. The number of carboxylic acids is 1.